The zero-order valence-electron chi connectivity index (χ0n) is 11.9. The topological polar surface area (TPSA) is 32.3 Å². The first-order valence-corrected chi connectivity index (χ1v) is 8.26. The van der Waals surface area contributed by atoms with E-state index < -0.39 is 0 Å². The molecule has 0 saturated carbocycles. The fourth-order valence-corrected chi connectivity index (χ4v) is 4.33. The summed E-state index contributed by atoms with van der Waals surface area (Å²) in [6, 6.07) is 2.52. The number of hydrogen-bond acceptors (Lipinski definition) is 3. The minimum absolute atomic E-state index is 0. The van der Waals surface area contributed by atoms with Crippen molar-refractivity contribution in [2.24, 2.45) is 5.92 Å². The third-order valence-electron chi connectivity index (χ3n) is 4.41. The van der Waals surface area contributed by atoms with E-state index in [0.717, 1.165) is 45.3 Å². The molecule has 2 aliphatic heterocycles. The van der Waals surface area contributed by atoms with Gasteiger partial charge in [0.15, 0.2) is 0 Å². The highest BCUT2D eigenvalue weighted by molar-refractivity contribution is 7.10. The van der Waals surface area contributed by atoms with Gasteiger partial charge in [-0.1, -0.05) is 6.92 Å². The Hall–Kier alpha value is -0.580. The van der Waals surface area contributed by atoms with E-state index in [1.807, 2.05) is 11.3 Å². The van der Waals surface area contributed by atoms with E-state index in [-0.39, 0.29) is 18.3 Å². The van der Waals surface area contributed by atoms with Gasteiger partial charge in [-0.15, -0.1) is 23.7 Å². The normalized spacial score (nSPS) is 25.8. The number of fused-ring (bicyclic) bond motifs is 1. The minimum atomic E-state index is 0. The summed E-state index contributed by atoms with van der Waals surface area (Å²) in [5.74, 6) is 0.568. The molecule has 1 fully saturated rings. The van der Waals surface area contributed by atoms with Crippen LogP contribution in [0.3, 0.4) is 0 Å². The van der Waals surface area contributed by atoms with Crippen LogP contribution in [-0.4, -0.2) is 30.4 Å². The van der Waals surface area contributed by atoms with Gasteiger partial charge in [-0.05, 0) is 49.2 Å². The third-order valence-corrected chi connectivity index (χ3v) is 5.41. The van der Waals surface area contributed by atoms with Crippen molar-refractivity contribution in [2.45, 2.75) is 38.6 Å². The molecule has 3 nitrogen and oxygen atoms in total. The smallest absolute Gasteiger partial charge is 0.227 e. The average molecular weight is 315 g/mol. The van der Waals surface area contributed by atoms with E-state index >= 15 is 0 Å². The molecule has 3 heterocycles. The molecule has 20 heavy (non-hydrogen) atoms. The Bertz CT molecular complexity index is 456. The number of carbonyl (C=O) groups excluding carboxylic acids is 1. The Morgan fingerprint density at radius 3 is 3.10 bits per heavy atom. The molecule has 0 bridgehead atoms. The number of halogens is 1. The molecule has 2 aliphatic rings. The van der Waals surface area contributed by atoms with Crippen LogP contribution in [0.5, 0.6) is 0 Å². The van der Waals surface area contributed by atoms with Gasteiger partial charge in [0.05, 0.1) is 12.0 Å². The van der Waals surface area contributed by atoms with E-state index in [4.69, 9.17) is 0 Å². The molecule has 3 rings (SSSR count). The SMILES string of the molecule is CCC1c2ccsc2CCN1C(=O)[C@@H]1CCCNC1.Cl. The molecule has 0 spiro atoms. The van der Waals surface area contributed by atoms with Crippen molar-refractivity contribution in [3.8, 4) is 0 Å². The molecule has 0 aliphatic carbocycles. The lowest BCUT2D eigenvalue weighted by molar-refractivity contribution is -0.139. The summed E-state index contributed by atoms with van der Waals surface area (Å²) in [4.78, 5) is 16.4. The van der Waals surface area contributed by atoms with Gasteiger partial charge in [-0.2, -0.15) is 0 Å². The summed E-state index contributed by atoms with van der Waals surface area (Å²) in [5, 5.41) is 5.53. The number of nitrogens with zero attached hydrogens (tertiary/aromatic N) is 1. The van der Waals surface area contributed by atoms with Crippen molar-refractivity contribution < 1.29 is 4.79 Å². The van der Waals surface area contributed by atoms with Crippen LogP contribution >= 0.6 is 23.7 Å². The second kappa shape index (κ2) is 6.92. The second-order valence-electron chi connectivity index (χ2n) is 5.55. The van der Waals surface area contributed by atoms with Crippen molar-refractivity contribution >= 4 is 29.7 Å². The lowest BCUT2D eigenvalue weighted by Crippen LogP contribution is -2.46. The monoisotopic (exact) mass is 314 g/mol. The van der Waals surface area contributed by atoms with Gasteiger partial charge >= 0.3 is 0 Å². The molecule has 1 unspecified atom stereocenters. The van der Waals surface area contributed by atoms with Crippen LogP contribution < -0.4 is 5.32 Å². The molecule has 1 amide bonds. The number of nitrogens with one attached hydrogen (secondary N) is 1. The summed E-state index contributed by atoms with van der Waals surface area (Å²) in [5.41, 5.74) is 1.40. The van der Waals surface area contributed by atoms with Crippen molar-refractivity contribution in [3.05, 3.63) is 21.9 Å². The Morgan fingerprint density at radius 1 is 1.55 bits per heavy atom. The Kier molecular flexibility index (Phi) is 5.47. The molecular weight excluding hydrogens is 292 g/mol. The first kappa shape index (κ1) is 15.8. The second-order valence-corrected chi connectivity index (χ2v) is 6.55. The van der Waals surface area contributed by atoms with Gasteiger partial charge < -0.3 is 10.2 Å². The molecule has 1 aromatic heterocycles. The molecular formula is C15H23ClN2OS. The highest BCUT2D eigenvalue weighted by Crippen LogP contribution is 2.36. The Balaban J connectivity index is 0.00000147. The lowest BCUT2D eigenvalue weighted by Gasteiger charge is -2.38. The predicted molar refractivity (Wildman–Crippen MR) is 85.6 cm³/mol. The molecule has 1 saturated heterocycles. The fourth-order valence-electron chi connectivity index (χ4n) is 3.40. The van der Waals surface area contributed by atoms with E-state index in [2.05, 4.69) is 28.6 Å². The van der Waals surface area contributed by atoms with E-state index in [1.54, 1.807) is 0 Å². The molecule has 0 aromatic carbocycles. The summed E-state index contributed by atoms with van der Waals surface area (Å²) < 4.78 is 0. The minimum Gasteiger partial charge on any atom is -0.335 e. The first-order chi connectivity index (χ1) is 9.31. The van der Waals surface area contributed by atoms with Crippen molar-refractivity contribution in [3.63, 3.8) is 0 Å². The molecule has 0 radical (unpaired) electrons. The van der Waals surface area contributed by atoms with Crippen LogP contribution in [0.15, 0.2) is 11.4 Å². The maximum atomic E-state index is 12.7. The highest BCUT2D eigenvalue weighted by Gasteiger charge is 2.34. The van der Waals surface area contributed by atoms with E-state index in [1.165, 1.54) is 10.4 Å². The van der Waals surface area contributed by atoms with Gasteiger partial charge in [-0.25, -0.2) is 0 Å². The van der Waals surface area contributed by atoms with E-state index in [0.29, 0.717) is 11.9 Å². The van der Waals surface area contributed by atoms with Gasteiger partial charge in [0, 0.05) is 18.0 Å². The van der Waals surface area contributed by atoms with Crippen molar-refractivity contribution in [1.29, 1.82) is 0 Å². The zero-order valence-corrected chi connectivity index (χ0v) is 13.6. The van der Waals surface area contributed by atoms with Crippen LogP contribution in [0.4, 0.5) is 0 Å². The number of carbonyl (C=O) groups is 1. The van der Waals surface area contributed by atoms with E-state index in [9.17, 15) is 4.79 Å². The largest absolute Gasteiger partial charge is 0.335 e. The molecule has 1 N–H and O–H groups in total. The number of piperidine rings is 1. The van der Waals surface area contributed by atoms with Crippen LogP contribution in [0.2, 0.25) is 0 Å². The summed E-state index contributed by atoms with van der Waals surface area (Å²) in [7, 11) is 0. The van der Waals surface area contributed by atoms with Crippen LogP contribution in [0.1, 0.15) is 42.7 Å². The van der Waals surface area contributed by atoms with Crippen molar-refractivity contribution in [1.82, 2.24) is 10.2 Å². The maximum absolute atomic E-state index is 12.7. The van der Waals surface area contributed by atoms with Gasteiger partial charge in [0.1, 0.15) is 0 Å². The fraction of sp³-hybridized carbons (Fsp3) is 0.667. The maximum Gasteiger partial charge on any atom is 0.227 e. The zero-order chi connectivity index (χ0) is 13.2. The predicted octanol–water partition coefficient (Wildman–Crippen LogP) is 3.01. The Labute approximate surface area is 131 Å². The third kappa shape index (κ3) is 2.87. The number of amides is 1. The number of hydrogen-bond donors (Lipinski definition) is 1. The Morgan fingerprint density at radius 2 is 2.40 bits per heavy atom. The lowest BCUT2D eigenvalue weighted by atomic mass is 9.93. The van der Waals surface area contributed by atoms with Crippen LogP contribution in [0.25, 0.3) is 0 Å². The van der Waals surface area contributed by atoms with Gasteiger partial charge in [0.25, 0.3) is 0 Å². The summed E-state index contributed by atoms with van der Waals surface area (Å²) in [6.45, 7) is 5.02. The standard InChI is InChI=1S/C15H22N2OS.ClH/c1-2-13-12-6-9-19-14(12)5-8-17(13)15(18)11-4-3-7-16-10-11;/h6,9,11,13,16H,2-5,7-8,10H2,1H3;1H/t11-,13?;/m1./s1. The first-order valence-electron chi connectivity index (χ1n) is 7.38. The average Bonchev–Trinajstić information content (AvgIpc) is 2.94. The number of rotatable bonds is 2. The quantitative estimate of drug-likeness (QED) is 0.910. The van der Waals surface area contributed by atoms with Gasteiger partial charge in [-0.3, -0.25) is 4.79 Å². The number of thiophene rings is 1. The summed E-state index contributed by atoms with van der Waals surface area (Å²) >= 11 is 1.84. The van der Waals surface area contributed by atoms with Crippen molar-refractivity contribution in [2.75, 3.05) is 19.6 Å². The van der Waals surface area contributed by atoms with Crippen LogP contribution in [-0.2, 0) is 11.2 Å². The highest BCUT2D eigenvalue weighted by atomic mass is 35.5. The molecule has 5 heteroatoms. The molecule has 112 valence electrons. The van der Waals surface area contributed by atoms with Gasteiger partial charge in [0.2, 0.25) is 5.91 Å². The summed E-state index contributed by atoms with van der Waals surface area (Å²) in [6.07, 6.45) is 4.24. The molecule has 1 aromatic rings. The van der Waals surface area contributed by atoms with Crippen LogP contribution in [0, 0.1) is 5.92 Å². The molecule has 2 atom stereocenters.